The summed E-state index contributed by atoms with van der Waals surface area (Å²) in [5, 5.41) is 57.0. The second kappa shape index (κ2) is 53.3. The fraction of sp³-hybridized carbons (Fsp3) is 0.846. The molecule has 1 aliphatic rings. The van der Waals surface area contributed by atoms with E-state index >= 15 is 0 Å². The van der Waals surface area contributed by atoms with Crippen LogP contribution in [0.1, 0.15) is 290 Å². The van der Waals surface area contributed by atoms with Crippen LogP contribution in [0.2, 0.25) is 0 Å². The normalized spacial score (nSPS) is 19.4. The summed E-state index contributed by atoms with van der Waals surface area (Å²) in [6.07, 6.45) is 54.4. The molecule has 6 N–H and O–H groups in total. The van der Waals surface area contributed by atoms with Crippen LogP contribution >= 0.6 is 0 Å². The van der Waals surface area contributed by atoms with Gasteiger partial charge in [0.2, 0.25) is 5.91 Å². The SMILES string of the molecule is CC/C=C/C=C/C=C/CCCCCCCCCC(=O)OC1C(OCC(NC(=O)C(O)CCCCCCCCCCCCCCCCCCCCCC)C(O)/C=C/CCCCCCCCCCCC)OC(CO)C(O)C1O. The van der Waals surface area contributed by atoms with Crippen LogP contribution in [0.15, 0.2) is 48.6 Å². The number of carbonyl (C=O) groups is 2. The van der Waals surface area contributed by atoms with Crippen molar-refractivity contribution < 1.29 is 49.3 Å². The molecule has 1 aliphatic heterocycles. The molecule has 1 rings (SSSR count). The zero-order valence-corrected chi connectivity index (χ0v) is 49.1. The van der Waals surface area contributed by atoms with Crippen LogP contribution in [0.4, 0.5) is 0 Å². The highest BCUT2D eigenvalue weighted by molar-refractivity contribution is 5.80. The third kappa shape index (κ3) is 40.8. The van der Waals surface area contributed by atoms with Crippen LogP contribution in [-0.2, 0) is 23.8 Å². The predicted molar refractivity (Wildman–Crippen MR) is 315 cm³/mol. The molecule has 0 radical (unpaired) electrons. The second-order valence-electron chi connectivity index (χ2n) is 22.2. The van der Waals surface area contributed by atoms with Crippen molar-refractivity contribution in [1.82, 2.24) is 5.32 Å². The molecule has 444 valence electrons. The van der Waals surface area contributed by atoms with E-state index < -0.39 is 67.4 Å². The first-order valence-electron chi connectivity index (χ1n) is 31.9. The quantitative estimate of drug-likeness (QED) is 0.0149. The average Bonchev–Trinajstić information content (AvgIpc) is 3.42. The van der Waals surface area contributed by atoms with E-state index in [-0.39, 0.29) is 13.0 Å². The predicted octanol–water partition coefficient (Wildman–Crippen LogP) is 15.2. The van der Waals surface area contributed by atoms with Gasteiger partial charge >= 0.3 is 5.97 Å². The average molecular weight is 1070 g/mol. The Balaban J connectivity index is 2.65. The van der Waals surface area contributed by atoms with Crippen LogP contribution in [-0.4, -0.2) is 99.6 Å². The van der Waals surface area contributed by atoms with Crippen LogP contribution in [0.25, 0.3) is 0 Å². The fourth-order valence-electron chi connectivity index (χ4n) is 10.0. The number of nitrogens with one attached hydrogen (secondary N) is 1. The summed E-state index contributed by atoms with van der Waals surface area (Å²) in [5.74, 6) is -1.20. The minimum atomic E-state index is -1.62. The number of aliphatic hydroxyl groups excluding tert-OH is 5. The Labute approximate surface area is 466 Å². The number of carbonyl (C=O) groups excluding carboxylic acids is 2. The summed E-state index contributed by atoms with van der Waals surface area (Å²) in [5.41, 5.74) is 0. The standard InChI is InChI=1S/C65H119NO10/c1-4-7-10-13-16-19-22-25-27-28-29-30-31-33-34-37-40-43-46-49-52-58(69)64(73)66-56(57(68)51-48-45-42-39-36-24-21-18-15-12-9-6-3)55-74-65-63(62(72)61(71)59(54-67)75-65)76-60(70)53-50-47-44-41-38-35-32-26-23-20-17-14-11-8-5-2/h8,11,14,17,20,23,48,51,56-59,61-63,65,67-69,71-72H,4-7,9-10,12-13,15-16,18-19,21-22,24-47,49-50,52-55H2,1-3H3,(H,66,73)/b11-8+,17-14+,23-20+,51-48+. The molecule has 1 amide bonds. The van der Waals surface area contributed by atoms with Crippen molar-refractivity contribution in [2.75, 3.05) is 13.2 Å². The van der Waals surface area contributed by atoms with Crippen molar-refractivity contribution >= 4 is 11.9 Å². The summed E-state index contributed by atoms with van der Waals surface area (Å²) in [7, 11) is 0. The number of esters is 1. The van der Waals surface area contributed by atoms with Gasteiger partial charge in [0.1, 0.15) is 24.4 Å². The molecule has 0 bridgehead atoms. The van der Waals surface area contributed by atoms with Gasteiger partial charge in [-0.05, 0) is 44.9 Å². The van der Waals surface area contributed by atoms with Crippen LogP contribution in [0, 0.1) is 0 Å². The monoisotopic (exact) mass is 1070 g/mol. The minimum Gasteiger partial charge on any atom is -0.454 e. The number of ether oxygens (including phenoxy) is 3. The first kappa shape index (κ1) is 71.6. The molecule has 76 heavy (non-hydrogen) atoms. The summed E-state index contributed by atoms with van der Waals surface area (Å²) >= 11 is 0. The number of allylic oxidation sites excluding steroid dienone is 7. The number of aliphatic hydroxyl groups is 5. The van der Waals surface area contributed by atoms with Crippen LogP contribution in [0.3, 0.4) is 0 Å². The molecule has 11 heteroatoms. The Morgan fingerprint density at radius 3 is 1.41 bits per heavy atom. The van der Waals surface area contributed by atoms with Gasteiger partial charge in [0.05, 0.1) is 25.4 Å². The maximum atomic E-state index is 13.4. The van der Waals surface area contributed by atoms with Crippen molar-refractivity contribution in [3.8, 4) is 0 Å². The molecular formula is C65H119NO10. The van der Waals surface area contributed by atoms with Gasteiger partial charge in [-0.3, -0.25) is 9.59 Å². The van der Waals surface area contributed by atoms with E-state index in [2.05, 4.69) is 56.5 Å². The molecule has 0 spiro atoms. The van der Waals surface area contributed by atoms with Gasteiger partial charge < -0.3 is 45.1 Å². The minimum absolute atomic E-state index is 0.111. The lowest BCUT2D eigenvalue weighted by Crippen LogP contribution is -2.61. The van der Waals surface area contributed by atoms with Gasteiger partial charge in [0, 0.05) is 6.42 Å². The Morgan fingerprint density at radius 1 is 0.526 bits per heavy atom. The highest BCUT2D eigenvalue weighted by Crippen LogP contribution is 2.26. The van der Waals surface area contributed by atoms with Gasteiger partial charge in [0.15, 0.2) is 12.4 Å². The molecule has 1 fully saturated rings. The lowest BCUT2D eigenvalue weighted by molar-refractivity contribution is -0.305. The third-order valence-corrected chi connectivity index (χ3v) is 15.1. The Hall–Kier alpha value is -2.38. The molecular weight excluding hydrogens is 955 g/mol. The zero-order chi connectivity index (χ0) is 55.4. The molecule has 0 aromatic heterocycles. The molecule has 11 nitrogen and oxygen atoms in total. The summed E-state index contributed by atoms with van der Waals surface area (Å²) in [4.78, 5) is 26.5. The van der Waals surface area contributed by atoms with Crippen molar-refractivity contribution in [3.05, 3.63) is 48.6 Å². The van der Waals surface area contributed by atoms with E-state index in [0.29, 0.717) is 19.3 Å². The van der Waals surface area contributed by atoms with E-state index in [1.807, 2.05) is 12.2 Å². The lowest BCUT2D eigenvalue weighted by Gasteiger charge is -2.41. The van der Waals surface area contributed by atoms with Crippen molar-refractivity contribution in [2.45, 2.75) is 339 Å². The number of hydrogen-bond acceptors (Lipinski definition) is 10. The van der Waals surface area contributed by atoms with Gasteiger partial charge in [-0.15, -0.1) is 0 Å². The van der Waals surface area contributed by atoms with Crippen molar-refractivity contribution in [2.24, 2.45) is 0 Å². The molecule has 0 aromatic rings. The third-order valence-electron chi connectivity index (χ3n) is 15.1. The van der Waals surface area contributed by atoms with Gasteiger partial charge in [-0.2, -0.15) is 0 Å². The van der Waals surface area contributed by atoms with E-state index in [9.17, 15) is 35.1 Å². The highest BCUT2D eigenvalue weighted by Gasteiger charge is 2.47. The smallest absolute Gasteiger partial charge is 0.306 e. The topological polar surface area (TPSA) is 175 Å². The number of hydrogen-bond donors (Lipinski definition) is 6. The zero-order valence-electron chi connectivity index (χ0n) is 49.1. The Kier molecular flexibility index (Phi) is 50.2. The second-order valence-corrected chi connectivity index (χ2v) is 22.2. The Morgan fingerprint density at radius 2 is 0.947 bits per heavy atom. The van der Waals surface area contributed by atoms with Crippen molar-refractivity contribution in [1.29, 1.82) is 0 Å². The summed E-state index contributed by atoms with van der Waals surface area (Å²) < 4.78 is 17.6. The molecule has 0 aromatic carbocycles. The van der Waals surface area contributed by atoms with Crippen molar-refractivity contribution in [3.63, 3.8) is 0 Å². The summed E-state index contributed by atoms with van der Waals surface area (Å²) in [6.45, 7) is 5.68. The van der Waals surface area contributed by atoms with E-state index in [1.165, 1.54) is 154 Å². The molecule has 8 unspecified atom stereocenters. The van der Waals surface area contributed by atoms with E-state index in [0.717, 1.165) is 89.9 Å². The maximum Gasteiger partial charge on any atom is 0.306 e. The molecule has 0 saturated carbocycles. The first-order valence-corrected chi connectivity index (χ1v) is 31.9. The van der Waals surface area contributed by atoms with Gasteiger partial charge in [-0.1, -0.05) is 288 Å². The number of rotatable bonds is 54. The molecule has 1 heterocycles. The van der Waals surface area contributed by atoms with Crippen LogP contribution in [0.5, 0.6) is 0 Å². The largest absolute Gasteiger partial charge is 0.454 e. The van der Waals surface area contributed by atoms with E-state index in [4.69, 9.17) is 14.2 Å². The fourth-order valence-corrected chi connectivity index (χ4v) is 10.0. The van der Waals surface area contributed by atoms with E-state index in [1.54, 1.807) is 6.08 Å². The molecule has 1 saturated heterocycles. The lowest BCUT2D eigenvalue weighted by atomic mass is 9.99. The Bertz CT molecular complexity index is 1420. The number of amides is 1. The van der Waals surface area contributed by atoms with Gasteiger partial charge in [0.25, 0.3) is 0 Å². The first-order chi connectivity index (χ1) is 37.2. The highest BCUT2D eigenvalue weighted by atomic mass is 16.7. The molecule has 0 aliphatic carbocycles. The molecule has 8 atom stereocenters. The summed E-state index contributed by atoms with van der Waals surface area (Å²) in [6, 6.07) is -1.02. The van der Waals surface area contributed by atoms with Crippen LogP contribution < -0.4 is 5.32 Å². The maximum absolute atomic E-state index is 13.4. The number of unbranched alkanes of at least 4 members (excludes halogenated alkanes) is 36. The van der Waals surface area contributed by atoms with Gasteiger partial charge in [-0.25, -0.2) is 0 Å².